The summed E-state index contributed by atoms with van der Waals surface area (Å²) < 4.78 is 21.5. The van der Waals surface area contributed by atoms with Crippen molar-refractivity contribution in [2.45, 2.75) is 15.3 Å². The van der Waals surface area contributed by atoms with Crippen LogP contribution in [-0.2, 0) is 9.84 Å². The van der Waals surface area contributed by atoms with Crippen LogP contribution in [0.25, 0.3) is 0 Å². The maximum Gasteiger partial charge on any atom is 0.177 e. The Morgan fingerprint density at radius 3 is 2.00 bits per heavy atom. The van der Waals surface area contributed by atoms with Gasteiger partial charge < -0.3 is 0 Å². The second kappa shape index (κ2) is 4.37. The maximum absolute atomic E-state index is 11.8. The van der Waals surface area contributed by atoms with E-state index in [2.05, 4.69) is 15.9 Å². The smallest absolute Gasteiger partial charge is 0.177 e. The molecular formula is C9H7B2BrO3S. The third-order valence-corrected chi connectivity index (χ3v) is 4.98. The molecule has 0 spiro atoms. The Hall–Kier alpha value is -0.550. The van der Waals surface area contributed by atoms with Crippen LogP contribution in [0.1, 0.15) is 17.3 Å². The number of Topliss-reactive ketones (excluding diaryl/α,β-unsaturated/α-hetero) is 1. The molecule has 0 atom stereocenters. The van der Waals surface area contributed by atoms with Gasteiger partial charge in [0.1, 0.15) is 0 Å². The Bertz CT molecular complexity index is 503. The standard InChI is InChI=1S/C9H7B2BrO3S/c1-6(13)7-2-4-8(5-3-7)16(14,15)9(10,11)12/h2-5H,1H3. The number of alkyl halides is 1. The molecule has 0 bridgehead atoms. The zero-order valence-electron chi connectivity index (χ0n) is 8.48. The lowest BCUT2D eigenvalue weighted by Gasteiger charge is -2.18. The molecule has 0 aliphatic carbocycles. The lowest BCUT2D eigenvalue weighted by Crippen LogP contribution is -2.32. The average molecular weight is 297 g/mol. The first-order chi connectivity index (χ1) is 7.16. The molecule has 1 rings (SSSR count). The summed E-state index contributed by atoms with van der Waals surface area (Å²) in [6.45, 7) is 1.39. The molecule has 0 aliphatic heterocycles. The van der Waals surface area contributed by atoms with Gasteiger partial charge >= 0.3 is 0 Å². The molecule has 0 heterocycles. The zero-order chi connectivity index (χ0) is 12.6. The molecule has 0 unspecified atom stereocenters. The molecule has 0 aliphatic rings. The van der Waals surface area contributed by atoms with Crippen LogP contribution in [0, 0.1) is 0 Å². The van der Waals surface area contributed by atoms with Crippen LogP contribution in [0.4, 0.5) is 0 Å². The number of carbonyl (C=O) groups is 1. The highest BCUT2D eigenvalue weighted by atomic mass is 79.9. The van der Waals surface area contributed by atoms with Gasteiger partial charge in [0.25, 0.3) is 0 Å². The predicted molar refractivity (Wildman–Crippen MR) is 66.8 cm³/mol. The largest absolute Gasteiger partial charge is 0.295 e. The number of ketones is 1. The third kappa shape index (κ3) is 2.58. The van der Waals surface area contributed by atoms with Gasteiger partial charge in [0.05, 0.1) is 24.0 Å². The van der Waals surface area contributed by atoms with Crippen LogP contribution in [0.2, 0.25) is 0 Å². The number of carbonyl (C=O) groups excluding carboxylic acids is 1. The topological polar surface area (TPSA) is 51.2 Å². The molecule has 80 valence electrons. The summed E-state index contributed by atoms with van der Waals surface area (Å²) in [4.78, 5) is 11.0. The number of sulfone groups is 1. The van der Waals surface area contributed by atoms with Gasteiger partial charge in [-0.15, -0.1) is 0 Å². The van der Waals surface area contributed by atoms with Gasteiger partial charge in [-0.1, -0.05) is 28.1 Å². The van der Waals surface area contributed by atoms with Crippen molar-refractivity contribution < 1.29 is 13.2 Å². The minimum atomic E-state index is -3.86. The SMILES string of the molecule is [B]C([B])(Br)S(=O)(=O)c1ccc(C(C)=O)cc1. The summed E-state index contributed by atoms with van der Waals surface area (Å²) in [7, 11) is 6.71. The fraction of sp³-hybridized carbons (Fsp3) is 0.222. The lowest BCUT2D eigenvalue weighted by molar-refractivity contribution is 0.101. The van der Waals surface area contributed by atoms with E-state index in [-0.39, 0.29) is 10.7 Å². The number of benzene rings is 1. The van der Waals surface area contributed by atoms with E-state index in [0.29, 0.717) is 5.56 Å². The normalized spacial score (nSPS) is 12.4. The first-order valence-electron chi connectivity index (χ1n) is 4.28. The monoisotopic (exact) mass is 296 g/mol. The molecular weight excluding hydrogens is 290 g/mol. The molecule has 3 nitrogen and oxygen atoms in total. The van der Waals surface area contributed by atoms with Gasteiger partial charge in [0, 0.05) is 5.56 Å². The Morgan fingerprint density at radius 1 is 1.25 bits per heavy atom. The van der Waals surface area contributed by atoms with Crippen LogP contribution in [0.15, 0.2) is 29.2 Å². The van der Waals surface area contributed by atoms with Crippen molar-refractivity contribution in [3.8, 4) is 0 Å². The Morgan fingerprint density at radius 2 is 1.69 bits per heavy atom. The summed E-state index contributed by atoms with van der Waals surface area (Å²) in [5, 5.41) is 0. The van der Waals surface area contributed by atoms with Gasteiger partial charge in [-0.25, -0.2) is 8.42 Å². The van der Waals surface area contributed by atoms with Gasteiger partial charge in [-0.05, 0) is 19.1 Å². The van der Waals surface area contributed by atoms with Crippen molar-refractivity contribution in [3.05, 3.63) is 29.8 Å². The summed E-state index contributed by atoms with van der Waals surface area (Å²) >= 11 is 2.68. The van der Waals surface area contributed by atoms with Crippen LogP contribution >= 0.6 is 15.9 Å². The van der Waals surface area contributed by atoms with Crippen LogP contribution < -0.4 is 0 Å². The average Bonchev–Trinajstić information content (AvgIpc) is 2.16. The third-order valence-electron chi connectivity index (χ3n) is 1.98. The molecule has 0 saturated heterocycles. The molecule has 0 fully saturated rings. The van der Waals surface area contributed by atoms with Crippen LogP contribution in [0.3, 0.4) is 0 Å². The molecule has 7 heteroatoms. The first-order valence-corrected chi connectivity index (χ1v) is 6.56. The fourth-order valence-corrected chi connectivity index (χ4v) is 2.47. The summed E-state index contributed by atoms with van der Waals surface area (Å²) in [6.07, 6.45) is 0. The number of hydrogen-bond donors (Lipinski definition) is 0. The van der Waals surface area contributed by atoms with E-state index in [9.17, 15) is 13.2 Å². The van der Waals surface area contributed by atoms with Crippen LogP contribution in [-0.4, -0.2) is 33.3 Å². The van der Waals surface area contributed by atoms with Crippen molar-refractivity contribution in [2.24, 2.45) is 0 Å². The summed E-state index contributed by atoms with van der Waals surface area (Å²) in [6, 6.07) is 5.41. The molecule has 1 aromatic rings. The molecule has 4 radical (unpaired) electrons. The first kappa shape index (κ1) is 13.5. The van der Waals surface area contributed by atoms with Crippen molar-refractivity contribution in [2.75, 3.05) is 0 Å². The van der Waals surface area contributed by atoms with E-state index >= 15 is 0 Å². The highest BCUT2D eigenvalue weighted by molar-refractivity contribution is 9.12. The van der Waals surface area contributed by atoms with Crippen molar-refractivity contribution in [1.29, 1.82) is 0 Å². The van der Waals surface area contributed by atoms with Crippen molar-refractivity contribution >= 4 is 47.2 Å². The number of rotatable bonds is 3. The molecule has 0 amide bonds. The van der Waals surface area contributed by atoms with E-state index in [4.69, 9.17) is 15.7 Å². The van der Waals surface area contributed by atoms with E-state index in [0.717, 1.165) is 0 Å². The van der Waals surface area contributed by atoms with Gasteiger partial charge in [-0.2, -0.15) is 0 Å². The second-order valence-corrected chi connectivity index (χ2v) is 7.27. The van der Waals surface area contributed by atoms with Gasteiger partial charge in [0.2, 0.25) is 0 Å². The Labute approximate surface area is 105 Å². The molecule has 0 aromatic heterocycles. The number of halogens is 1. The quantitative estimate of drug-likeness (QED) is 0.475. The Balaban J connectivity index is 3.23. The van der Waals surface area contributed by atoms with Crippen molar-refractivity contribution in [1.82, 2.24) is 0 Å². The molecule has 0 saturated carbocycles. The molecule has 16 heavy (non-hydrogen) atoms. The summed E-state index contributed by atoms with van der Waals surface area (Å²) in [5.41, 5.74) is 0.424. The number of hydrogen-bond acceptors (Lipinski definition) is 3. The lowest BCUT2D eigenvalue weighted by atomic mass is 9.86. The van der Waals surface area contributed by atoms with Crippen molar-refractivity contribution in [3.63, 3.8) is 0 Å². The highest BCUT2D eigenvalue weighted by Gasteiger charge is 2.31. The minimum Gasteiger partial charge on any atom is -0.295 e. The van der Waals surface area contributed by atoms with Gasteiger partial charge in [-0.3, -0.25) is 4.79 Å². The highest BCUT2D eigenvalue weighted by Crippen LogP contribution is 2.25. The predicted octanol–water partition coefficient (Wildman–Crippen LogP) is 1.01. The fourth-order valence-electron chi connectivity index (χ4n) is 1.05. The van der Waals surface area contributed by atoms with E-state index in [1.165, 1.54) is 31.2 Å². The minimum absolute atomic E-state index is 0.0422. The second-order valence-electron chi connectivity index (χ2n) is 3.28. The summed E-state index contributed by atoms with van der Waals surface area (Å²) in [5.74, 6) is -0.144. The maximum atomic E-state index is 11.8. The Kier molecular flexibility index (Phi) is 3.69. The van der Waals surface area contributed by atoms with E-state index in [1.54, 1.807) is 0 Å². The van der Waals surface area contributed by atoms with E-state index < -0.39 is 13.3 Å². The zero-order valence-corrected chi connectivity index (χ0v) is 10.9. The molecule has 0 N–H and O–H groups in total. The molecule has 1 aromatic carbocycles. The van der Waals surface area contributed by atoms with Gasteiger partial charge in [0.15, 0.2) is 15.6 Å². The van der Waals surface area contributed by atoms with Crippen LogP contribution in [0.5, 0.6) is 0 Å². The van der Waals surface area contributed by atoms with E-state index in [1.807, 2.05) is 0 Å².